The third-order valence-corrected chi connectivity index (χ3v) is 4.83. The smallest absolute Gasteiger partial charge is 0.109 e. The van der Waals surface area contributed by atoms with Gasteiger partial charge in [-0.1, -0.05) is 30.3 Å². The fraction of sp³-hybridized carbons (Fsp3) is 0.444. The van der Waals surface area contributed by atoms with Gasteiger partial charge in [0.05, 0.1) is 30.5 Å². The standard InChI is InChI=1S/C18H22N4O/c1-13-10-21(2)11-17-18(23-12-14-6-4-3-5-7-14)15-8-19-20-9-16(15)22(13)17/h3-9,11,13,15-16,18H,10,12H2,1-2H3. The van der Waals surface area contributed by atoms with Gasteiger partial charge in [-0.15, -0.1) is 0 Å². The van der Waals surface area contributed by atoms with Crippen molar-refractivity contribution in [2.75, 3.05) is 13.6 Å². The lowest BCUT2D eigenvalue weighted by molar-refractivity contribution is 0.0505. The van der Waals surface area contributed by atoms with Crippen molar-refractivity contribution in [2.45, 2.75) is 31.7 Å². The molecule has 5 nitrogen and oxygen atoms in total. The van der Waals surface area contributed by atoms with Gasteiger partial charge < -0.3 is 14.5 Å². The molecule has 0 bridgehead atoms. The normalized spacial score (nSPS) is 31.8. The van der Waals surface area contributed by atoms with Crippen LogP contribution in [0, 0.1) is 5.92 Å². The minimum absolute atomic E-state index is 0.0286. The zero-order valence-corrected chi connectivity index (χ0v) is 13.5. The Labute approximate surface area is 136 Å². The summed E-state index contributed by atoms with van der Waals surface area (Å²) in [6, 6.07) is 11.0. The molecule has 3 heterocycles. The van der Waals surface area contributed by atoms with E-state index in [0.29, 0.717) is 12.6 Å². The topological polar surface area (TPSA) is 40.4 Å². The second-order valence-corrected chi connectivity index (χ2v) is 6.56. The molecule has 0 saturated carbocycles. The summed E-state index contributed by atoms with van der Waals surface area (Å²) in [4.78, 5) is 4.70. The SMILES string of the molecule is CC1CN(C)C=C2C(OCc3ccccc3)C3C=NN=CC3N21. The quantitative estimate of drug-likeness (QED) is 0.858. The summed E-state index contributed by atoms with van der Waals surface area (Å²) in [5.41, 5.74) is 2.44. The molecule has 3 aliphatic rings. The number of nitrogens with zero attached hydrogens (tertiary/aromatic N) is 4. The largest absolute Gasteiger partial charge is 0.377 e. The number of fused-ring (bicyclic) bond motifs is 3. The van der Waals surface area contributed by atoms with Crippen LogP contribution in [0.25, 0.3) is 0 Å². The van der Waals surface area contributed by atoms with E-state index in [1.807, 2.05) is 30.6 Å². The Morgan fingerprint density at radius 3 is 2.78 bits per heavy atom. The molecule has 1 fully saturated rings. The van der Waals surface area contributed by atoms with Crippen LogP contribution in [0.3, 0.4) is 0 Å². The van der Waals surface area contributed by atoms with Crippen LogP contribution in [0.4, 0.5) is 0 Å². The summed E-state index contributed by atoms with van der Waals surface area (Å²) >= 11 is 0. The second kappa shape index (κ2) is 5.81. The van der Waals surface area contributed by atoms with E-state index in [1.54, 1.807) is 0 Å². The fourth-order valence-electron chi connectivity index (χ4n) is 3.87. The summed E-state index contributed by atoms with van der Waals surface area (Å²) in [5, 5.41) is 8.25. The average Bonchev–Trinajstić information content (AvgIpc) is 2.87. The van der Waals surface area contributed by atoms with E-state index >= 15 is 0 Å². The van der Waals surface area contributed by atoms with Crippen LogP contribution in [0.2, 0.25) is 0 Å². The van der Waals surface area contributed by atoms with Crippen LogP contribution in [-0.4, -0.2) is 54.0 Å². The van der Waals surface area contributed by atoms with Crippen molar-refractivity contribution in [3.63, 3.8) is 0 Å². The third kappa shape index (κ3) is 2.55. The zero-order chi connectivity index (χ0) is 15.8. The molecule has 1 aromatic rings. The molecule has 0 aliphatic carbocycles. The van der Waals surface area contributed by atoms with E-state index < -0.39 is 0 Å². The Balaban J connectivity index is 1.61. The van der Waals surface area contributed by atoms with Gasteiger partial charge in [-0.3, -0.25) is 0 Å². The molecule has 1 saturated heterocycles. The van der Waals surface area contributed by atoms with Crippen molar-refractivity contribution in [3.8, 4) is 0 Å². The Morgan fingerprint density at radius 2 is 1.96 bits per heavy atom. The summed E-state index contributed by atoms with van der Waals surface area (Å²) in [5.74, 6) is 0.233. The molecule has 0 spiro atoms. The highest BCUT2D eigenvalue weighted by atomic mass is 16.5. The number of hydrogen-bond donors (Lipinski definition) is 0. The minimum atomic E-state index is 0.0286. The van der Waals surface area contributed by atoms with Gasteiger partial charge >= 0.3 is 0 Å². The first-order chi connectivity index (χ1) is 11.2. The number of benzene rings is 1. The van der Waals surface area contributed by atoms with Gasteiger partial charge in [-0.25, -0.2) is 0 Å². The summed E-state index contributed by atoms with van der Waals surface area (Å²) in [7, 11) is 2.12. The first-order valence-corrected chi connectivity index (χ1v) is 8.16. The Bertz CT molecular complexity index is 654. The summed E-state index contributed by atoms with van der Waals surface area (Å²) < 4.78 is 6.34. The molecule has 4 rings (SSSR count). The molecular formula is C18H22N4O. The van der Waals surface area contributed by atoms with Crippen molar-refractivity contribution >= 4 is 12.4 Å². The van der Waals surface area contributed by atoms with E-state index in [-0.39, 0.29) is 18.1 Å². The Hall–Kier alpha value is -2.14. The van der Waals surface area contributed by atoms with E-state index in [2.05, 4.69) is 52.3 Å². The molecule has 1 aromatic carbocycles. The molecule has 4 unspecified atom stereocenters. The van der Waals surface area contributed by atoms with Crippen LogP contribution < -0.4 is 0 Å². The maximum atomic E-state index is 6.34. The van der Waals surface area contributed by atoms with Gasteiger partial charge in [0.25, 0.3) is 0 Å². The van der Waals surface area contributed by atoms with Gasteiger partial charge in [-0.05, 0) is 12.5 Å². The predicted molar refractivity (Wildman–Crippen MR) is 91.3 cm³/mol. The highest BCUT2D eigenvalue weighted by Gasteiger charge is 2.48. The molecule has 120 valence electrons. The van der Waals surface area contributed by atoms with Crippen LogP contribution in [0.15, 0.2) is 52.4 Å². The van der Waals surface area contributed by atoms with Crippen LogP contribution >= 0.6 is 0 Å². The third-order valence-electron chi connectivity index (χ3n) is 4.83. The van der Waals surface area contributed by atoms with Crippen LogP contribution in [0.1, 0.15) is 12.5 Å². The molecule has 0 N–H and O–H groups in total. The minimum Gasteiger partial charge on any atom is -0.377 e. The first kappa shape index (κ1) is 14.5. The predicted octanol–water partition coefficient (Wildman–Crippen LogP) is 2.12. The Kier molecular flexibility index (Phi) is 3.65. The highest BCUT2D eigenvalue weighted by molar-refractivity contribution is 5.80. The van der Waals surface area contributed by atoms with Crippen molar-refractivity contribution in [2.24, 2.45) is 16.1 Å². The van der Waals surface area contributed by atoms with Crippen molar-refractivity contribution in [1.82, 2.24) is 9.80 Å². The number of likely N-dealkylation sites (N-methyl/N-ethyl adjacent to an activating group) is 1. The van der Waals surface area contributed by atoms with Gasteiger partial charge in [0.1, 0.15) is 6.10 Å². The number of ether oxygens (including phenoxy) is 1. The number of hydrogen-bond acceptors (Lipinski definition) is 5. The fourth-order valence-corrected chi connectivity index (χ4v) is 3.87. The summed E-state index contributed by atoms with van der Waals surface area (Å²) in [6.45, 7) is 3.89. The van der Waals surface area contributed by atoms with Crippen LogP contribution in [-0.2, 0) is 11.3 Å². The Morgan fingerprint density at radius 1 is 1.17 bits per heavy atom. The van der Waals surface area contributed by atoms with Gasteiger partial charge in [0.15, 0.2) is 0 Å². The maximum absolute atomic E-state index is 6.34. The van der Waals surface area contributed by atoms with Crippen molar-refractivity contribution in [1.29, 1.82) is 0 Å². The van der Waals surface area contributed by atoms with Crippen LogP contribution in [0.5, 0.6) is 0 Å². The van der Waals surface area contributed by atoms with Crippen molar-refractivity contribution < 1.29 is 4.74 Å². The molecule has 5 heteroatoms. The lowest BCUT2D eigenvalue weighted by Gasteiger charge is -2.39. The van der Waals surface area contributed by atoms with E-state index in [9.17, 15) is 0 Å². The van der Waals surface area contributed by atoms with Gasteiger partial charge in [0, 0.05) is 32.0 Å². The lowest BCUT2D eigenvalue weighted by atomic mass is 9.98. The number of rotatable bonds is 3. The maximum Gasteiger partial charge on any atom is 0.109 e. The molecule has 0 radical (unpaired) electrons. The molecule has 0 aromatic heterocycles. The zero-order valence-electron chi connectivity index (χ0n) is 13.5. The first-order valence-electron chi connectivity index (χ1n) is 8.16. The van der Waals surface area contributed by atoms with E-state index in [4.69, 9.17) is 4.74 Å². The highest BCUT2D eigenvalue weighted by Crippen LogP contribution is 2.39. The van der Waals surface area contributed by atoms with Gasteiger partial charge in [-0.2, -0.15) is 10.2 Å². The van der Waals surface area contributed by atoms with E-state index in [1.165, 1.54) is 11.3 Å². The monoisotopic (exact) mass is 310 g/mol. The molecule has 3 aliphatic heterocycles. The molecule has 0 amide bonds. The lowest BCUT2D eigenvalue weighted by Crippen LogP contribution is -2.47. The van der Waals surface area contributed by atoms with E-state index in [0.717, 1.165) is 6.54 Å². The molecule has 23 heavy (non-hydrogen) atoms. The summed E-state index contributed by atoms with van der Waals surface area (Å²) in [6.07, 6.45) is 6.16. The second-order valence-electron chi connectivity index (χ2n) is 6.56. The average molecular weight is 310 g/mol. The van der Waals surface area contributed by atoms with Crippen molar-refractivity contribution in [3.05, 3.63) is 47.8 Å². The molecule has 4 atom stereocenters. The van der Waals surface area contributed by atoms with Gasteiger partial charge in [0.2, 0.25) is 0 Å². The molecular weight excluding hydrogens is 288 g/mol.